The van der Waals surface area contributed by atoms with Crippen molar-refractivity contribution in [1.82, 2.24) is 5.32 Å². The molecule has 0 bridgehead atoms. The molecule has 0 aromatic heterocycles. The Morgan fingerprint density at radius 2 is 2.33 bits per heavy atom. The van der Waals surface area contributed by atoms with Crippen LogP contribution in [-0.2, 0) is 15.0 Å². The van der Waals surface area contributed by atoms with Gasteiger partial charge in [0.1, 0.15) is 0 Å². The molecule has 1 radical (unpaired) electrons. The minimum atomic E-state index is -2.20. The molecule has 0 saturated carbocycles. The zero-order chi connectivity index (χ0) is 6.69. The smallest absolute Gasteiger partial charge is 0.242 e. The van der Waals surface area contributed by atoms with E-state index in [1.807, 2.05) is 0 Å². The molecule has 0 spiro atoms. The number of hydrogen-bond acceptors (Lipinski definition) is 3. The molecule has 1 fully saturated rings. The summed E-state index contributed by atoms with van der Waals surface area (Å²) >= 11 is 0. The molecule has 1 heterocycles. The van der Waals surface area contributed by atoms with E-state index in [0.29, 0.717) is 13.2 Å². The Morgan fingerprint density at radius 3 is 2.67 bits per heavy atom. The standard InChI is InChI=1S/C4H6NO3S/c6-9(7)4-3-5-1-2-8-4/h1-3H2. The lowest BCUT2D eigenvalue weighted by Crippen LogP contribution is -2.30. The molecule has 0 N–H and O–H groups in total. The van der Waals surface area contributed by atoms with E-state index in [4.69, 9.17) is 4.74 Å². The highest BCUT2D eigenvalue weighted by molar-refractivity contribution is 7.72. The van der Waals surface area contributed by atoms with Gasteiger partial charge in [-0.2, -0.15) is 8.42 Å². The van der Waals surface area contributed by atoms with Crippen LogP contribution in [0.1, 0.15) is 0 Å². The Hall–Kier alpha value is -0.390. The Balaban J connectivity index is 2.72. The maximum absolute atomic E-state index is 10.1. The molecule has 0 aliphatic carbocycles. The first kappa shape index (κ1) is 6.73. The van der Waals surface area contributed by atoms with Gasteiger partial charge in [-0.25, -0.2) is 5.32 Å². The summed E-state index contributed by atoms with van der Waals surface area (Å²) in [5, 5.41) is 3.88. The fourth-order valence-corrected chi connectivity index (χ4v) is 0.917. The quantitative estimate of drug-likeness (QED) is 0.398. The lowest BCUT2D eigenvalue weighted by atomic mass is 10.5. The summed E-state index contributed by atoms with van der Waals surface area (Å²) in [5.41, 5.74) is 0. The van der Waals surface area contributed by atoms with Gasteiger partial charge in [-0.15, -0.1) is 0 Å². The number of morpholine rings is 1. The molecule has 0 atom stereocenters. The van der Waals surface area contributed by atoms with E-state index in [-0.39, 0.29) is 11.6 Å². The van der Waals surface area contributed by atoms with Crippen LogP contribution in [0.3, 0.4) is 0 Å². The topological polar surface area (TPSA) is 57.5 Å². The molecule has 5 heteroatoms. The molecule has 0 aromatic rings. The van der Waals surface area contributed by atoms with Crippen molar-refractivity contribution in [2.24, 2.45) is 0 Å². The molecule has 1 aliphatic heterocycles. The van der Waals surface area contributed by atoms with Gasteiger partial charge in [0.2, 0.25) is 10.3 Å². The average Bonchev–Trinajstić information content (AvgIpc) is 1.90. The van der Waals surface area contributed by atoms with E-state index >= 15 is 0 Å². The number of ether oxygens (including phenoxy) is 1. The minimum Gasteiger partial charge on any atom is -0.333 e. The maximum atomic E-state index is 10.1. The highest BCUT2D eigenvalue weighted by Crippen LogP contribution is 1.85. The maximum Gasteiger partial charge on any atom is 0.242 e. The van der Waals surface area contributed by atoms with Gasteiger partial charge < -0.3 is 4.74 Å². The van der Waals surface area contributed by atoms with E-state index in [0.717, 1.165) is 0 Å². The van der Waals surface area contributed by atoms with E-state index < -0.39 is 10.3 Å². The fourth-order valence-electron chi connectivity index (χ4n) is 0.541. The van der Waals surface area contributed by atoms with Crippen molar-refractivity contribution in [3.05, 3.63) is 0 Å². The molecule has 0 amide bonds. The van der Waals surface area contributed by atoms with Crippen LogP contribution in [-0.4, -0.2) is 33.2 Å². The van der Waals surface area contributed by atoms with Crippen LogP contribution in [0.25, 0.3) is 0 Å². The summed E-state index contributed by atoms with van der Waals surface area (Å²) in [7, 11) is -2.20. The van der Waals surface area contributed by atoms with Crippen molar-refractivity contribution in [3.63, 3.8) is 0 Å². The van der Waals surface area contributed by atoms with Crippen LogP contribution < -0.4 is 5.32 Å². The summed E-state index contributed by atoms with van der Waals surface area (Å²) in [6.07, 6.45) is 0. The van der Waals surface area contributed by atoms with E-state index in [1.165, 1.54) is 0 Å². The molecular formula is C4H6NO3S. The Labute approximate surface area is 54.4 Å². The second-order valence-corrected chi connectivity index (χ2v) is 2.49. The van der Waals surface area contributed by atoms with Crippen molar-refractivity contribution in [2.75, 3.05) is 19.7 Å². The van der Waals surface area contributed by atoms with Gasteiger partial charge in [-0.3, -0.25) is 0 Å². The van der Waals surface area contributed by atoms with E-state index in [1.54, 1.807) is 0 Å². The van der Waals surface area contributed by atoms with Crippen molar-refractivity contribution in [1.29, 1.82) is 0 Å². The summed E-state index contributed by atoms with van der Waals surface area (Å²) in [6.45, 7) is 1.19. The van der Waals surface area contributed by atoms with Gasteiger partial charge in [-0.05, 0) is 0 Å². The van der Waals surface area contributed by atoms with E-state index in [2.05, 4.69) is 5.32 Å². The Bertz CT molecular complexity index is 202. The van der Waals surface area contributed by atoms with Crippen LogP contribution in [0.5, 0.6) is 0 Å². The van der Waals surface area contributed by atoms with Gasteiger partial charge in [0.05, 0.1) is 13.2 Å². The highest BCUT2D eigenvalue weighted by Gasteiger charge is 2.07. The van der Waals surface area contributed by atoms with Crippen LogP contribution in [0, 0.1) is 0 Å². The fraction of sp³-hybridized carbons (Fsp3) is 0.750. The molecule has 9 heavy (non-hydrogen) atoms. The summed E-state index contributed by atoms with van der Waals surface area (Å²) < 4.78 is 25.0. The zero-order valence-corrected chi connectivity index (χ0v) is 5.52. The van der Waals surface area contributed by atoms with Crippen LogP contribution >= 0.6 is 0 Å². The summed E-state index contributed by atoms with van der Waals surface area (Å²) in [5.74, 6) is 0. The molecule has 1 aliphatic rings. The highest BCUT2D eigenvalue weighted by atomic mass is 32.2. The first-order valence-electron chi connectivity index (χ1n) is 2.52. The lowest BCUT2D eigenvalue weighted by Gasteiger charge is -2.09. The molecule has 0 aromatic carbocycles. The zero-order valence-electron chi connectivity index (χ0n) is 4.70. The number of nitrogens with zero attached hydrogens (tertiary/aromatic N) is 1. The van der Waals surface area contributed by atoms with Crippen molar-refractivity contribution >= 4 is 15.3 Å². The molecule has 0 unspecified atom stereocenters. The molecule has 51 valence electrons. The number of hydrogen-bond donors (Lipinski definition) is 0. The minimum absolute atomic E-state index is 0.0567. The Kier molecular flexibility index (Phi) is 2.21. The third kappa shape index (κ3) is 1.78. The first-order chi connectivity index (χ1) is 4.30. The first-order valence-corrected chi connectivity index (χ1v) is 3.59. The molecule has 1 saturated heterocycles. The SMILES string of the molecule is O=S(=O)=C1C[N]CCO1. The largest absolute Gasteiger partial charge is 0.333 e. The third-order valence-electron chi connectivity index (χ3n) is 0.939. The molecule has 4 nitrogen and oxygen atoms in total. The van der Waals surface area contributed by atoms with Crippen LogP contribution in [0.4, 0.5) is 0 Å². The van der Waals surface area contributed by atoms with Crippen LogP contribution in [0.15, 0.2) is 0 Å². The average molecular weight is 148 g/mol. The predicted octanol–water partition coefficient (Wildman–Crippen LogP) is -1.37. The van der Waals surface area contributed by atoms with E-state index in [9.17, 15) is 8.42 Å². The monoisotopic (exact) mass is 148 g/mol. The van der Waals surface area contributed by atoms with Crippen molar-refractivity contribution < 1.29 is 13.2 Å². The Morgan fingerprint density at radius 1 is 1.56 bits per heavy atom. The third-order valence-corrected chi connectivity index (χ3v) is 1.56. The van der Waals surface area contributed by atoms with Crippen molar-refractivity contribution in [2.45, 2.75) is 0 Å². The molecular weight excluding hydrogens is 142 g/mol. The van der Waals surface area contributed by atoms with Gasteiger partial charge >= 0.3 is 0 Å². The molecule has 1 rings (SSSR count). The lowest BCUT2D eigenvalue weighted by molar-refractivity contribution is 0.277. The number of rotatable bonds is 0. The van der Waals surface area contributed by atoms with Gasteiger partial charge in [-0.1, -0.05) is 0 Å². The predicted molar refractivity (Wildman–Crippen MR) is 31.7 cm³/mol. The second kappa shape index (κ2) is 2.95. The van der Waals surface area contributed by atoms with Crippen LogP contribution in [0.2, 0.25) is 0 Å². The van der Waals surface area contributed by atoms with Gasteiger partial charge in [0, 0.05) is 6.54 Å². The van der Waals surface area contributed by atoms with Crippen molar-refractivity contribution in [3.8, 4) is 0 Å². The van der Waals surface area contributed by atoms with Gasteiger partial charge in [0.15, 0.2) is 5.05 Å². The normalized spacial score (nSPS) is 19.8. The summed E-state index contributed by atoms with van der Waals surface area (Å²) in [6, 6.07) is 0. The second-order valence-electron chi connectivity index (χ2n) is 1.56. The summed E-state index contributed by atoms with van der Waals surface area (Å²) in [4.78, 5) is 0. The van der Waals surface area contributed by atoms with Gasteiger partial charge in [0.25, 0.3) is 0 Å².